The van der Waals surface area contributed by atoms with Gasteiger partial charge in [-0.05, 0) is 37.6 Å². The van der Waals surface area contributed by atoms with Crippen LogP contribution >= 0.6 is 0 Å². The minimum Gasteiger partial charge on any atom is -0.338 e. The highest BCUT2D eigenvalue weighted by molar-refractivity contribution is 5.84. The maximum absolute atomic E-state index is 12.3. The molecule has 17 heavy (non-hydrogen) atoms. The third-order valence-electron chi connectivity index (χ3n) is 4.31. The molecule has 0 aromatic carbocycles. The van der Waals surface area contributed by atoms with Crippen LogP contribution < -0.4 is 5.32 Å². The summed E-state index contributed by atoms with van der Waals surface area (Å²) in [5, 5.41) is 3.29. The highest BCUT2D eigenvalue weighted by atomic mass is 16.2. The van der Waals surface area contributed by atoms with E-state index in [0.29, 0.717) is 17.4 Å². The van der Waals surface area contributed by atoms with Crippen molar-refractivity contribution < 1.29 is 4.79 Å². The molecule has 3 nitrogen and oxygen atoms in total. The fourth-order valence-corrected chi connectivity index (χ4v) is 3.42. The number of likely N-dealkylation sites (tertiary alicyclic amines) is 1. The molecule has 1 heterocycles. The Bertz CT molecular complexity index is 288. The van der Waals surface area contributed by atoms with Crippen LogP contribution in [-0.4, -0.2) is 36.0 Å². The van der Waals surface area contributed by atoms with Crippen LogP contribution in [0.4, 0.5) is 0 Å². The van der Waals surface area contributed by atoms with Crippen LogP contribution in [0.1, 0.15) is 52.9 Å². The summed E-state index contributed by atoms with van der Waals surface area (Å²) in [4.78, 5) is 14.4. The summed E-state index contributed by atoms with van der Waals surface area (Å²) in [5.74, 6) is 0.342. The molecule has 2 fully saturated rings. The van der Waals surface area contributed by atoms with Gasteiger partial charge in [0.1, 0.15) is 0 Å². The minimum absolute atomic E-state index is 0.0880. The number of likely N-dealkylation sites (N-methyl/N-ethyl adjacent to an activating group) is 1. The summed E-state index contributed by atoms with van der Waals surface area (Å²) in [6, 6.07) is 0.583. The normalized spacial score (nSPS) is 33.1. The van der Waals surface area contributed by atoms with E-state index in [1.807, 2.05) is 0 Å². The lowest BCUT2D eigenvalue weighted by molar-refractivity contribution is -0.132. The van der Waals surface area contributed by atoms with Crippen molar-refractivity contribution in [2.75, 3.05) is 13.1 Å². The zero-order valence-corrected chi connectivity index (χ0v) is 11.5. The summed E-state index contributed by atoms with van der Waals surface area (Å²) in [7, 11) is 0. The minimum atomic E-state index is 0.0880. The number of carbonyl (C=O) groups excluding carboxylic acids is 1. The van der Waals surface area contributed by atoms with E-state index in [-0.39, 0.29) is 6.04 Å². The maximum atomic E-state index is 12.3. The predicted molar refractivity (Wildman–Crippen MR) is 69.8 cm³/mol. The molecule has 1 saturated carbocycles. The van der Waals surface area contributed by atoms with Crippen molar-refractivity contribution >= 4 is 5.91 Å². The van der Waals surface area contributed by atoms with Crippen molar-refractivity contribution in [3.05, 3.63) is 0 Å². The van der Waals surface area contributed by atoms with Gasteiger partial charge in [0.15, 0.2) is 0 Å². The SMILES string of the molecule is CCNC1CCN(C2CCCC(C)(C)C2)C1=O. The first kappa shape index (κ1) is 12.9. The molecule has 1 saturated heterocycles. The molecule has 2 atom stereocenters. The Hall–Kier alpha value is -0.570. The van der Waals surface area contributed by atoms with Crippen LogP contribution in [-0.2, 0) is 4.79 Å². The molecule has 1 N–H and O–H groups in total. The number of amides is 1. The monoisotopic (exact) mass is 238 g/mol. The largest absolute Gasteiger partial charge is 0.338 e. The van der Waals surface area contributed by atoms with Gasteiger partial charge in [0, 0.05) is 12.6 Å². The number of nitrogens with one attached hydrogen (secondary N) is 1. The van der Waals surface area contributed by atoms with Gasteiger partial charge in [-0.15, -0.1) is 0 Å². The van der Waals surface area contributed by atoms with Gasteiger partial charge in [-0.1, -0.05) is 27.2 Å². The predicted octanol–water partition coefficient (Wildman–Crippen LogP) is 2.17. The lowest BCUT2D eigenvalue weighted by atomic mass is 9.75. The fraction of sp³-hybridized carbons (Fsp3) is 0.929. The Morgan fingerprint density at radius 2 is 2.18 bits per heavy atom. The van der Waals surface area contributed by atoms with E-state index in [9.17, 15) is 4.79 Å². The fourth-order valence-electron chi connectivity index (χ4n) is 3.42. The lowest BCUT2D eigenvalue weighted by Gasteiger charge is -2.39. The first-order valence-corrected chi connectivity index (χ1v) is 7.07. The lowest BCUT2D eigenvalue weighted by Crippen LogP contribution is -2.45. The van der Waals surface area contributed by atoms with Crippen LogP contribution in [0.25, 0.3) is 0 Å². The van der Waals surface area contributed by atoms with Gasteiger partial charge < -0.3 is 10.2 Å². The van der Waals surface area contributed by atoms with E-state index in [1.165, 1.54) is 25.7 Å². The summed E-state index contributed by atoms with van der Waals surface area (Å²) < 4.78 is 0. The van der Waals surface area contributed by atoms with Gasteiger partial charge in [0.05, 0.1) is 6.04 Å². The first-order valence-electron chi connectivity index (χ1n) is 7.07. The molecular weight excluding hydrogens is 212 g/mol. The highest BCUT2D eigenvalue weighted by Gasteiger charge is 2.39. The quantitative estimate of drug-likeness (QED) is 0.817. The van der Waals surface area contributed by atoms with Crippen LogP contribution in [0, 0.1) is 5.41 Å². The van der Waals surface area contributed by atoms with E-state index in [0.717, 1.165) is 19.5 Å². The van der Waals surface area contributed by atoms with Crippen molar-refractivity contribution in [3.8, 4) is 0 Å². The molecule has 0 aromatic rings. The van der Waals surface area contributed by atoms with E-state index < -0.39 is 0 Å². The molecule has 2 rings (SSSR count). The number of hydrogen-bond acceptors (Lipinski definition) is 2. The smallest absolute Gasteiger partial charge is 0.240 e. The van der Waals surface area contributed by atoms with Gasteiger partial charge in [-0.25, -0.2) is 0 Å². The second kappa shape index (κ2) is 4.97. The Labute approximate surface area is 105 Å². The Kier molecular flexibility index (Phi) is 3.76. The molecule has 2 unspecified atom stereocenters. The molecule has 0 radical (unpaired) electrons. The molecule has 3 heteroatoms. The number of nitrogens with zero attached hydrogens (tertiary/aromatic N) is 1. The molecule has 1 aliphatic heterocycles. The summed E-state index contributed by atoms with van der Waals surface area (Å²) in [6.07, 6.45) is 5.95. The molecule has 2 aliphatic rings. The summed E-state index contributed by atoms with van der Waals surface area (Å²) in [6.45, 7) is 8.58. The standard InChI is InChI=1S/C14H26N2O/c1-4-15-12-7-9-16(13(12)17)11-6-5-8-14(2,3)10-11/h11-12,15H,4-10H2,1-3H3. The van der Waals surface area contributed by atoms with E-state index in [1.54, 1.807) is 0 Å². The molecular formula is C14H26N2O. The average molecular weight is 238 g/mol. The second-order valence-corrected chi connectivity index (χ2v) is 6.34. The van der Waals surface area contributed by atoms with E-state index >= 15 is 0 Å². The third kappa shape index (κ3) is 2.82. The van der Waals surface area contributed by atoms with Gasteiger partial charge in [0.2, 0.25) is 5.91 Å². The van der Waals surface area contributed by atoms with E-state index in [2.05, 4.69) is 31.0 Å². The van der Waals surface area contributed by atoms with Crippen LogP contribution in [0.15, 0.2) is 0 Å². The Balaban J connectivity index is 1.97. The maximum Gasteiger partial charge on any atom is 0.240 e. The first-order chi connectivity index (χ1) is 8.03. The number of rotatable bonds is 3. The van der Waals surface area contributed by atoms with Gasteiger partial charge in [-0.3, -0.25) is 4.79 Å². The highest BCUT2D eigenvalue weighted by Crippen LogP contribution is 2.38. The number of carbonyl (C=O) groups is 1. The summed E-state index contributed by atoms with van der Waals surface area (Å²) in [5.41, 5.74) is 0.416. The number of hydrogen-bond donors (Lipinski definition) is 1. The second-order valence-electron chi connectivity index (χ2n) is 6.34. The molecule has 0 spiro atoms. The van der Waals surface area contributed by atoms with Crippen LogP contribution in [0.2, 0.25) is 0 Å². The van der Waals surface area contributed by atoms with Crippen molar-refractivity contribution in [2.24, 2.45) is 5.41 Å². The molecule has 98 valence electrons. The van der Waals surface area contributed by atoms with Crippen LogP contribution in [0.5, 0.6) is 0 Å². The topological polar surface area (TPSA) is 32.3 Å². The van der Waals surface area contributed by atoms with Gasteiger partial charge >= 0.3 is 0 Å². The third-order valence-corrected chi connectivity index (χ3v) is 4.31. The Morgan fingerprint density at radius 1 is 1.41 bits per heavy atom. The molecule has 0 bridgehead atoms. The van der Waals surface area contributed by atoms with Crippen LogP contribution in [0.3, 0.4) is 0 Å². The van der Waals surface area contributed by atoms with E-state index in [4.69, 9.17) is 0 Å². The van der Waals surface area contributed by atoms with Crippen molar-refractivity contribution in [1.82, 2.24) is 10.2 Å². The summed E-state index contributed by atoms with van der Waals surface area (Å²) >= 11 is 0. The zero-order chi connectivity index (χ0) is 12.5. The van der Waals surface area contributed by atoms with Gasteiger partial charge in [-0.2, -0.15) is 0 Å². The van der Waals surface area contributed by atoms with Gasteiger partial charge in [0.25, 0.3) is 0 Å². The molecule has 1 amide bonds. The van der Waals surface area contributed by atoms with Crippen molar-refractivity contribution in [3.63, 3.8) is 0 Å². The van der Waals surface area contributed by atoms with Crippen molar-refractivity contribution in [1.29, 1.82) is 0 Å². The average Bonchev–Trinajstić information content (AvgIpc) is 2.60. The zero-order valence-electron chi connectivity index (χ0n) is 11.5. The molecule has 0 aromatic heterocycles. The Morgan fingerprint density at radius 3 is 2.82 bits per heavy atom. The van der Waals surface area contributed by atoms with Crippen molar-refractivity contribution in [2.45, 2.75) is 65.0 Å². The molecule has 1 aliphatic carbocycles.